The van der Waals surface area contributed by atoms with E-state index >= 15 is 0 Å². The lowest BCUT2D eigenvalue weighted by Crippen LogP contribution is -2.22. The molecule has 0 amide bonds. The Morgan fingerprint density at radius 2 is 1.29 bits per heavy atom. The molecule has 0 bridgehead atoms. The van der Waals surface area contributed by atoms with Gasteiger partial charge in [0.15, 0.2) is 0 Å². The van der Waals surface area contributed by atoms with E-state index < -0.39 is 7.92 Å². The van der Waals surface area contributed by atoms with Crippen LogP contribution in [-0.2, 0) is 0 Å². The second-order valence-electron chi connectivity index (χ2n) is 5.30. The van der Waals surface area contributed by atoms with Crippen LogP contribution in [0.2, 0.25) is 0 Å². The SMILES string of the molecule is Cc1cccc(P(c2ccccc2)c2ccccc2C)c1. The third kappa shape index (κ3) is 3.06. The molecule has 0 heterocycles. The van der Waals surface area contributed by atoms with E-state index in [-0.39, 0.29) is 0 Å². The highest BCUT2D eigenvalue weighted by molar-refractivity contribution is 7.79. The van der Waals surface area contributed by atoms with Gasteiger partial charge in [-0.1, -0.05) is 84.4 Å². The number of aryl methyl sites for hydroxylation is 2. The fraction of sp³-hybridized carbons (Fsp3) is 0.100. The van der Waals surface area contributed by atoms with Crippen molar-refractivity contribution < 1.29 is 0 Å². The largest absolute Gasteiger partial charge is 0.0622 e. The molecule has 1 heteroatoms. The molecule has 0 aliphatic heterocycles. The van der Waals surface area contributed by atoms with Gasteiger partial charge in [0, 0.05) is 0 Å². The van der Waals surface area contributed by atoms with Crippen LogP contribution in [0.3, 0.4) is 0 Å². The van der Waals surface area contributed by atoms with E-state index in [2.05, 4.69) is 92.7 Å². The Kier molecular flexibility index (Phi) is 4.18. The first kappa shape index (κ1) is 14.0. The molecule has 0 aromatic heterocycles. The summed E-state index contributed by atoms with van der Waals surface area (Å²) in [5.74, 6) is 0. The molecule has 0 spiro atoms. The van der Waals surface area contributed by atoms with E-state index in [1.807, 2.05) is 0 Å². The second kappa shape index (κ2) is 6.24. The molecular formula is C20H19P. The number of hydrogen-bond donors (Lipinski definition) is 0. The fourth-order valence-corrected chi connectivity index (χ4v) is 5.14. The van der Waals surface area contributed by atoms with Crippen molar-refractivity contribution in [3.63, 3.8) is 0 Å². The van der Waals surface area contributed by atoms with Gasteiger partial charge in [0.25, 0.3) is 0 Å². The molecule has 104 valence electrons. The Morgan fingerprint density at radius 3 is 2.00 bits per heavy atom. The third-order valence-electron chi connectivity index (χ3n) is 3.63. The lowest BCUT2D eigenvalue weighted by atomic mass is 10.2. The zero-order chi connectivity index (χ0) is 14.7. The summed E-state index contributed by atoms with van der Waals surface area (Å²) in [7, 11) is -0.483. The van der Waals surface area contributed by atoms with Crippen molar-refractivity contribution in [2.75, 3.05) is 0 Å². The van der Waals surface area contributed by atoms with E-state index in [0.29, 0.717) is 0 Å². The van der Waals surface area contributed by atoms with Crippen LogP contribution in [0.5, 0.6) is 0 Å². The molecule has 0 nitrogen and oxygen atoms in total. The molecule has 0 aliphatic carbocycles. The van der Waals surface area contributed by atoms with Crippen molar-refractivity contribution in [1.29, 1.82) is 0 Å². The van der Waals surface area contributed by atoms with Crippen LogP contribution in [0.4, 0.5) is 0 Å². The first-order valence-electron chi connectivity index (χ1n) is 7.23. The minimum atomic E-state index is -0.483. The Morgan fingerprint density at radius 1 is 0.619 bits per heavy atom. The molecule has 0 aliphatic rings. The highest BCUT2D eigenvalue weighted by Gasteiger charge is 2.17. The highest BCUT2D eigenvalue weighted by atomic mass is 31.1. The fourth-order valence-electron chi connectivity index (χ4n) is 2.59. The van der Waals surface area contributed by atoms with Gasteiger partial charge in [0.2, 0.25) is 0 Å². The van der Waals surface area contributed by atoms with Gasteiger partial charge in [-0.2, -0.15) is 0 Å². The zero-order valence-electron chi connectivity index (χ0n) is 12.5. The molecule has 0 N–H and O–H groups in total. The van der Waals surface area contributed by atoms with Crippen LogP contribution in [0.1, 0.15) is 11.1 Å². The summed E-state index contributed by atoms with van der Waals surface area (Å²) in [4.78, 5) is 0. The van der Waals surface area contributed by atoms with E-state index in [4.69, 9.17) is 0 Å². The average Bonchev–Trinajstić information content (AvgIpc) is 2.51. The van der Waals surface area contributed by atoms with E-state index in [1.54, 1.807) is 0 Å². The van der Waals surface area contributed by atoms with Crippen LogP contribution in [-0.4, -0.2) is 0 Å². The number of rotatable bonds is 3. The Labute approximate surface area is 128 Å². The Balaban J connectivity index is 2.19. The third-order valence-corrected chi connectivity index (χ3v) is 6.22. The van der Waals surface area contributed by atoms with Crippen LogP contribution < -0.4 is 15.9 Å². The number of benzene rings is 3. The van der Waals surface area contributed by atoms with E-state index in [1.165, 1.54) is 27.0 Å². The Hall–Kier alpha value is -1.91. The number of hydrogen-bond acceptors (Lipinski definition) is 0. The van der Waals surface area contributed by atoms with Crippen molar-refractivity contribution in [2.45, 2.75) is 13.8 Å². The van der Waals surface area contributed by atoms with Gasteiger partial charge in [-0.15, -0.1) is 0 Å². The summed E-state index contributed by atoms with van der Waals surface area (Å²) >= 11 is 0. The van der Waals surface area contributed by atoms with Gasteiger partial charge >= 0.3 is 0 Å². The van der Waals surface area contributed by atoms with Crippen LogP contribution in [0.15, 0.2) is 78.9 Å². The molecule has 0 fully saturated rings. The quantitative estimate of drug-likeness (QED) is 0.638. The van der Waals surface area contributed by atoms with Crippen molar-refractivity contribution >= 4 is 23.8 Å². The predicted octanol–water partition coefficient (Wildman–Crippen LogP) is 4.06. The predicted molar refractivity (Wildman–Crippen MR) is 94.6 cm³/mol. The van der Waals surface area contributed by atoms with Crippen molar-refractivity contribution in [2.24, 2.45) is 0 Å². The standard InChI is InChI=1S/C20H19P/c1-16-9-8-13-19(15-16)21(18-11-4-3-5-12-18)20-14-7-6-10-17(20)2/h3-15H,1-2H3. The van der Waals surface area contributed by atoms with Gasteiger partial charge in [-0.3, -0.25) is 0 Å². The molecular weight excluding hydrogens is 271 g/mol. The smallest absolute Gasteiger partial charge is 0.0122 e. The second-order valence-corrected chi connectivity index (χ2v) is 7.48. The summed E-state index contributed by atoms with van der Waals surface area (Å²) in [5.41, 5.74) is 2.69. The molecule has 0 radical (unpaired) electrons. The van der Waals surface area contributed by atoms with Crippen molar-refractivity contribution in [3.05, 3.63) is 90.0 Å². The van der Waals surface area contributed by atoms with Gasteiger partial charge in [0.05, 0.1) is 0 Å². The minimum Gasteiger partial charge on any atom is -0.0622 e. The maximum absolute atomic E-state index is 2.32. The van der Waals surface area contributed by atoms with Crippen molar-refractivity contribution in [3.8, 4) is 0 Å². The molecule has 1 atom stereocenters. The molecule has 0 saturated heterocycles. The van der Waals surface area contributed by atoms with Crippen LogP contribution in [0.25, 0.3) is 0 Å². The molecule has 3 aromatic rings. The lowest BCUT2D eigenvalue weighted by molar-refractivity contribution is 1.49. The molecule has 1 unspecified atom stereocenters. The lowest BCUT2D eigenvalue weighted by Gasteiger charge is -2.21. The topological polar surface area (TPSA) is 0 Å². The zero-order valence-corrected chi connectivity index (χ0v) is 13.3. The summed E-state index contributed by atoms with van der Waals surface area (Å²) in [6.07, 6.45) is 0. The maximum Gasteiger partial charge on any atom is -0.0122 e. The van der Waals surface area contributed by atoms with E-state index in [9.17, 15) is 0 Å². The molecule has 3 aromatic carbocycles. The molecule has 3 rings (SSSR count). The summed E-state index contributed by atoms with van der Waals surface area (Å²) < 4.78 is 0. The van der Waals surface area contributed by atoms with Gasteiger partial charge in [-0.05, 0) is 43.2 Å². The highest BCUT2D eigenvalue weighted by Crippen LogP contribution is 2.33. The monoisotopic (exact) mass is 290 g/mol. The Bertz CT molecular complexity index is 732. The first-order chi connectivity index (χ1) is 10.3. The summed E-state index contributed by atoms with van der Waals surface area (Å²) in [5, 5.41) is 4.28. The average molecular weight is 290 g/mol. The molecule has 0 saturated carbocycles. The molecule has 21 heavy (non-hydrogen) atoms. The minimum absolute atomic E-state index is 0.483. The maximum atomic E-state index is 2.32. The van der Waals surface area contributed by atoms with E-state index in [0.717, 1.165) is 0 Å². The summed E-state index contributed by atoms with van der Waals surface area (Å²) in [6.45, 7) is 4.38. The van der Waals surface area contributed by atoms with Crippen LogP contribution in [0, 0.1) is 13.8 Å². The summed E-state index contributed by atoms with van der Waals surface area (Å²) in [6, 6.07) is 28.5. The van der Waals surface area contributed by atoms with Gasteiger partial charge in [-0.25, -0.2) is 0 Å². The van der Waals surface area contributed by atoms with Gasteiger partial charge in [0.1, 0.15) is 0 Å². The van der Waals surface area contributed by atoms with Crippen molar-refractivity contribution in [1.82, 2.24) is 0 Å². The van der Waals surface area contributed by atoms with Gasteiger partial charge < -0.3 is 0 Å². The normalized spacial score (nSPS) is 12.1. The first-order valence-corrected chi connectivity index (χ1v) is 8.57. The van der Waals surface area contributed by atoms with Crippen LogP contribution >= 0.6 is 7.92 Å².